The van der Waals surface area contributed by atoms with Crippen molar-refractivity contribution in [3.63, 3.8) is 0 Å². The maximum atomic E-state index is 12.7. The molecule has 0 atom stereocenters. The molecule has 1 aromatic heterocycles. The molecule has 21 heavy (non-hydrogen) atoms. The third-order valence-corrected chi connectivity index (χ3v) is 2.71. The summed E-state index contributed by atoms with van der Waals surface area (Å²) in [5.41, 5.74) is 1.63. The van der Waals surface area contributed by atoms with Gasteiger partial charge in [-0.2, -0.15) is 18.3 Å². The monoisotopic (exact) mass is 296 g/mol. The molecule has 0 radical (unpaired) electrons. The normalized spacial score (nSPS) is 10.8. The third-order valence-electron chi connectivity index (χ3n) is 2.71. The van der Waals surface area contributed by atoms with Gasteiger partial charge >= 0.3 is 6.18 Å². The van der Waals surface area contributed by atoms with Crippen LogP contribution in [-0.4, -0.2) is 9.78 Å². The van der Waals surface area contributed by atoms with Crippen LogP contribution in [0.2, 0.25) is 0 Å². The van der Waals surface area contributed by atoms with Gasteiger partial charge < -0.3 is 0 Å². The lowest BCUT2D eigenvalue weighted by atomic mass is 10.1. The predicted molar refractivity (Wildman–Crippen MR) is 79.8 cm³/mol. The molecule has 0 saturated heterocycles. The topological polar surface area (TPSA) is 17.8 Å². The van der Waals surface area contributed by atoms with Crippen molar-refractivity contribution in [2.45, 2.75) is 33.9 Å². The van der Waals surface area contributed by atoms with Crippen molar-refractivity contribution in [3.05, 3.63) is 48.2 Å². The fourth-order valence-electron chi connectivity index (χ4n) is 1.74. The molecule has 0 aliphatic heterocycles. The molecular weight excluding hydrogens is 277 g/mol. The Morgan fingerprint density at radius 1 is 1.14 bits per heavy atom. The maximum Gasteiger partial charge on any atom is 0.435 e. The van der Waals surface area contributed by atoms with E-state index < -0.39 is 11.9 Å². The predicted octanol–water partition coefficient (Wildman–Crippen LogP) is 5.39. The number of hydrogen-bond donors (Lipinski definition) is 0. The van der Waals surface area contributed by atoms with Crippen molar-refractivity contribution >= 4 is 5.70 Å². The maximum absolute atomic E-state index is 12.7. The minimum atomic E-state index is -4.46. The van der Waals surface area contributed by atoms with E-state index in [4.69, 9.17) is 0 Å². The number of nitrogens with zero attached hydrogens (tertiary/aromatic N) is 2. The second kappa shape index (κ2) is 6.61. The Hall–Kier alpha value is -2.04. The highest BCUT2D eigenvalue weighted by Crippen LogP contribution is 2.32. The van der Waals surface area contributed by atoms with Crippen molar-refractivity contribution in [2.24, 2.45) is 0 Å². The van der Waals surface area contributed by atoms with Crippen LogP contribution in [-0.2, 0) is 6.18 Å². The number of aryl methyl sites for hydroxylation is 1. The zero-order chi connectivity index (χ0) is 16.2. The Bertz CT molecular complexity index is 607. The highest BCUT2D eigenvalue weighted by molar-refractivity contribution is 5.64. The Morgan fingerprint density at radius 3 is 2.10 bits per heavy atom. The Balaban J connectivity index is 0.00000106. The second-order valence-electron chi connectivity index (χ2n) is 4.43. The Morgan fingerprint density at radius 2 is 1.67 bits per heavy atom. The zero-order valence-corrected chi connectivity index (χ0v) is 12.6. The lowest BCUT2D eigenvalue weighted by molar-refractivity contribution is -0.141. The molecule has 0 fully saturated rings. The van der Waals surface area contributed by atoms with Gasteiger partial charge in [0.15, 0.2) is 5.69 Å². The molecule has 5 heteroatoms. The number of halogens is 3. The van der Waals surface area contributed by atoms with Gasteiger partial charge in [-0.25, -0.2) is 4.68 Å². The molecule has 0 saturated carbocycles. The SMILES string of the molecule is C=C(C)n1nc(C(F)(F)F)cc1-c1ccc(C)cc1.CC. The molecule has 114 valence electrons. The van der Waals surface area contributed by atoms with Crippen LogP contribution in [0.25, 0.3) is 17.0 Å². The highest BCUT2D eigenvalue weighted by Gasteiger charge is 2.35. The van der Waals surface area contributed by atoms with E-state index >= 15 is 0 Å². The van der Waals surface area contributed by atoms with Crippen molar-refractivity contribution in [3.8, 4) is 11.3 Å². The van der Waals surface area contributed by atoms with Crippen LogP contribution >= 0.6 is 0 Å². The van der Waals surface area contributed by atoms with Gasteiger partial charge in [0.1, 0.15) is 0 Å². The Labute approximate surface area is 122 Å². The number of rotatable bonds is 2. The standard InChI is InChI=1S/C14H13F3N2.C2H6/c1-9(2)19-12(8-13(18-19)14(15,16)17)11-6-4-10(3)5-7-11;1-2/h4-8H,1H2,2-3H3;1-2H3. The van der Waals surface area contributed by atoms with E-state index in [1.165, 1.54) is 4.68 Å². The minimum Gasteiger partial charge on any atom is -0.238 e. The summed E-state index contributed by atoms with van der Waals surface area (Å²) in [4.78, 5) is 0. The number of alkyl halides is 3. The summed E-state index contributed by atoms with van der Waals surface area (Å²) in [5, 5.41) is 3.57. The van der Waals surface area contributed by atoms with Gasteiger partial charge in [-0.1, -0.05) is 50.3 Å². The van der Waals surface area contributed by atoms with Gasteiger partial charge in [0.05, 0.1) is 5.69 Å². The summed E-state index contributed by atoms with van der Waals surface area (Å²) < 4.78 is 39.4. The molecule has 2 aromatic rings. The first-order chi connectivity index (χ1) is 9.79. The van der Waals surface area contributed by atoms with Gasteiger partial charge in [-0.3, -0.25) is 0 Å². The highest BCUT2D eigenvalue weighted by atomic mass is 19.4. The van der Waals surface area contributed by atoms with Crippen LogP contribution in [0.3, 0.4) is 0 Å². The molecule has 0 unspecified atom stereocenters. The van der Waals surface area contributed by atoms with Crippen LogP contribution in [0.1, 0.15) is 32.0 Å². The van der Waals surface area contributed by atoms with Gasteiger partial charge in [0.2, 0.25) is 0 Å². The molecule has 0 aliphatic carbocycles. The lowest BCUT2D eigenvalue weighted by Gasteiger charge is -2.06. The lowest BCUT2D eigenvalue weighted by Crippen LogP contribution is -2.07. The number of benzene rings is 1. The first kappa shape index (κ1) is 17.0. The average Bonchev–Trinajstić information content (AvgIpc) is 2.87. The first-order valence-corrected chi connectivity index (χ1v) is 6.69. The molecule has 0 amide bonds. The second-order valence-corrected chi connectivity index (χ2v) is 4.43. The molecule has 0 aliphatic rings. The summed E-state index contributed by atoms with van der Waals surface area (Å²) in [6, 6.07) is 8.27. The van der Waals surface area contributed by atoms with Crippen LogP contribution in [0.15, 0.2) is 36.9 Å². The number of hydrogen-bond acceptors (Lipinski definition) is 1. The average molecular weight is 296 g/mol. The quantitative estimate of drug-likeness (QED) is 0.726. The van der Waals surface area contributed by atoms with Crippen LogP contribution in [0.5, 0.6) is 0 Å². The van der Waals surface area contributed by atoms with E-state index in [-0.39, 0.29) is 0 Å². The molecule has 0 N–H and O–H groups in total. The molecule has 1 aromatic carbocycles. The minimum absolute atomic E-state index is 0.389. The van der Waals surface area contributed by atoms with E-state index in [1.54, 1.807) is 19.1 Å². The molecule has 2 nitrogen and oxygen atoms in total. The smallest absolute Gasteiger partial charge is 0.238 e. The molecule has 1 heterocycles. The third kappa shape index (κ3) is 3.97. The molecular formula is C16H19F3N2. The van der Waals surface area contributed by atoms with Gasteiger partial charge in [-0.05, 0) is 19.9 Å². The summed E-state index contributed by atoms with van der Waals surface area (Å²) in [7, 11) is 0. The van der Waals surface area contributed by atoms with Crippen molar-refractivity contribution < 1.29 is 13.2 Å². The van der Waals surface area contributed by atoms with Gasteiger partial charge in [0.25, 0.3) is 0 Å². The van der Waals surface area contributed by atoms with E-state index in [0.29, 0.717) is 17.0 Å². The molecule has 0 spiro atoms. The van der Waals surface area contributed by atoms with E-state index in [1.807, 2.05) is 32.9 Å². The molecule has 2 rings (SSSR count). The van der Waals surface area contributed by atoms with Crippen LogP contribution in [0, 0.1) is 6.92 Å². The fraction of sp³-hybridized carbons (Fsp3) is 0.312. The van der Waals surface area contributed by atoms with Crippen molar-refractivity contribution in [2.75, 3.05) is 0 Å². The summed E-state index contributed by atoms with van der Waals surface area (Å²) >= 11 is 0. The van der Waals surface area contributed by atoms with Crippen molar-refractivity contribution in [1.82, 2.24) is 9.78 Å². The fourth-order valence-corrected chi connectivity index (χ4v) is 1.74. The largest absolute Gasteiger partial charge is 0.435 e. The first-order valence-electron chi connectivity index (χ1n) is 6.69. The summed E-state index contributed by atoms with van der Waals surface area (Å²) in [6.07, 6.45) is -4.46. The number of aromatic nitrogens is 2. The van der Waals surface area contributed by atoms with Gasteiger partial charge in [-0.15, -0.1) is 0 Å². The summed E-state index contributed by atoms with van der Waals surface area (Å²) in [6.45, 7) is 11.2. The van der Waals surface area contributed by atoms with Crippen molar-refractivity contribution in [1.29, 1.82) is 0 Å². The van der Waals surface area contributed by atoms with E-state index in [2.05, 4.69) is 11.7 Å². The van der Waals surface area contributed by atoms with E-state index in [9.17, 15) is 13.2 Å². The van der Waals surface area contributed by atoms with Crippen LogP contribution < -0.4 is 0 Å². The van der Waals surface area contributed by atoms with Crippen LogP contribution in [0.4, 0.5) is 13.2 Å². The van der Waals surface area contributed by atoms with Gasteiger partial charge in [0, 0.05) is 11.3 Å². The molecule has 0 bridgehead atoms. The summed E-state index contributed by atoms with van der Waals surface area (Å²) in [5.74, 6) is 0. The van der Waals surface area contributed by atoms with E-state index in [0.717, 1.165) is 11.6 Å². The zero-order valence-electron chi connectivity index (χ0n) is 12.6. The Kier molecular flexibility index (Phi) is 5.35. The number of allylic oxidation sites excluding steroid dienone is 1.